The van der Waals surface area contributed by atoms with Crippen LogP contribution < -0.4 is 10.6 Å². The van der Waals surface area contributed by atoms with Crippen molar-refractivity contribution in [2.24, 2.45) is 7.05 Å². The quantitative estimate of drug-likeness (QED) is 0.473. The van der Waals surface area contributed by atoms with E-state index in [2.05, 4.69) is 15.6 Å². The SMILES string of the molecule is Cc1ccc(C(=O)NCCc2nc3cc(NC(=O)c4cccs4)ccc3n2C)cc1F. The van der Waals surface area contributed by atoms with Gasteiger partial charge < -0.3 is 15.2 Å². The van der Waals surface area contributed by atoms with Crippen molar-refractivity contribution in [1.29, 1.82) is 0 Å². The molecule has 6 nitrogen and oxygen atoms in total. The number of fused-ring (bicyclic) bond motifs is 1. The number of amides is 2. The second-order valence-corrected chi connectivity index (χ2v) is 8.14. The summed E-state index contributed by atoms with van der Waals surface area (Å²) < 4.78 is 15.6. The zero-order valence-corrected chi connectivity index (χ0v) is 17.9. The third-order valence-corrected chi connectivity index (χ3v) is 5.91. The van der Waals surface area contributed by atoms with Gasteiger partial charge in [0.1, 0.15) is 11.6 Å². The second-order valence-electron chi connectivity index (χ2n) is 7.19. The molecule has 0 aliphatic carbocycles. The molecule has 2 amide bonds. The van der Waals surface area contributed by atoms with Crippen molar-refractivity contribution in [3.05, 3.63) is 81.6 Å². The van der Waals surface area contributed by atoms with E-state index in [1.165, 1.54) is 17.4 Å². The van der Waals surface area contributed by atoms with Crippen LogP contribution in [0.3, 0.4) is 0 Å². The molecule has 0 aliphatic rings. The van der Waals surface area contributed by atoms with Crippen molar-refractivity contribution in [1.82, 2.24) is 14.9 Å². The van der Waals surface area contributed by atoms with E-state index in [-0.39, 0.29) is 11.8 Å². The summed E-state index contributed by atoms with van der Waals surface area (Å²) in [5, 5.41) is 7.55. The number of anilines is 1. The molecule has 158 valence electrons. The normalized spacial score (nSPS) is 10.9. The van der Waals surface area contributed by atoms with Crippen LogP contribution in [0.5, 0.6) is 0 Å². The lowest BCUT2D eigenvalue weighted by Gasteiger charge is -2.07. The van der Waals surface area contributed by atoms with Crippen molar-refractivity contribution < 1.29 is 14.0 Å². The summed E-state index contributed by atoms with van der Waals surface area (Å²) >= 11 is 1.38. The van der Waals surface area contributed by atoms with Gasteiger partial charge in [-0.25, -0.2) is 9.37 Å². The summed E-state index contributed by atoms with van der Waals surface area (Å²) in [5.41, 5.74) is 3.15. The molecule has 0 unspecified atom stereocenters. The molecule has 0 bridgehead atoms. The molecule has 0 spiro atoms. The topological polar surface area (TPSA) is 76.0 Å². The van der Waals surface area contributed by atoms with Crippen LogP contribution in [0.4, 0.5) is 10.1 Å². The average Bonchev–Trinajstić information content (AvgIpc) is 3.39. The number of nitrogens with zero attached hydrogens (tertiary/aromatic N) is 2. The van der Waals surface area contributed by atoms with Gasteiger partial charge in [0.2, 0.25) is 0 Å². The number of carbonyl (C=O) groups excluding carboxylic acids is 2. The molecule has 0 aliphatic heterocycles. The highest BCUT2D eigenvalue weighted by Gasteiger charge is 2.12. The molecule has 0 saturated heterocycles. The molecule has 2 N–H and O–H groups in total. The molecular formula is C23H21FN4O2S. The first-order valence-electron chi connectivity index (χ1n) is 9.77. The van der Waals surface area contributed by atoms with E-state index in [0.717, 1.165) is 16.9 Å². The van der Waals surface area contributed by atoms with Crippen LogP contribution in [0.2, 0.25) is 0 Å². The van der Waals surface area contributed by atoms with Crippen LogP contribution in [0.15, 0.2) is 53.9 Å². The molecule has 8 heteroatoms. The van der Waals surface area contributed by atoms with Gasteiger partial charge in [-0.3, -0.25) is 9.59 Å². The lowest BCUT2D eigenvalue weighted by Crippen LogP contribution is -2.26. The molecule has 0 fully saturated rings. The predicted molar refractivity (Wildman–Crippen MR) is 120 cm³/mol. The van der Waals surface area contributed by atoms with Gasteiger partial charge in [-0.05, 0) is 54.3 Å². The number of carbonyl (C=O) groups is 2. The van der Waals surface area contributed by atoms with Gasteiger partial charge in [0, 0.05) is 31.3 Å². The molecule has 31 heavy (non-hydrogen) atoms. The number of benzene rings is 2. The fourth-order valence-electron chi connectivity index (χ4n) is 3.28. The Bertz CT molecular complexity index is 1260. The number of aromatic nitrogens is 2. The van der Waals surface area contributed by atoms with Gasteiger partial charge >= 0.3 is 0 Å². The van der Waals surface area contributed by atoms with E-state index in [9.17, 15) is 14.0 Å². The van der Waals surface area contributed by atoms with E-state index in [4.69, 9.17) is 0 Å². The average molecular weight is 437 g/mol. The summed E-state index contributed by atoms with van der Waals surface area (Å²) in [6.07, 6.45) is 0.516. The van der Waals surface area contributed by atoms with Crippen molar-refractivity contribution >= 4 is 39.9 Å². The van der Waals surface area contributed by atoms with Gasteiger partial charge in [0.15, 0.2) is 0 Å². The molecule has 0 saturated carbocycles. The van der Waals surface area contributed by atoms with Crippen LogP contribution in [0.1, 0.15) is 31.4 Å². The van der Waals surface area contributed by atoms with Crippen LogP contribution in [-0.4, -0.2) is 27.9 Å². The van der Waals surface area contributed by atoms with Gasteiger partial charge in [-0.2, -0.15) is 0 Å². The van der Waals surface area contributed by atoms with E-state index in [1.807, 2.05) is 41.3 Å². The Morgan fingerprint density at radius 2 is 1.97 bits per heavy atom. The van der Waals surface area contributed by atoms with Gasteiger partial charge in [0.25, 0.3) is 11.8 Å². The summed E-state index contributed by atoms with van der Waals surface area (Å²) in [4.78, 5) is 29.8. The van der Waals surface area contributed by atoms with Crippen LogP contribution in [-0.2, 0) is 13.5 Å². The number of hydrogen-bond acceptors (Lipinski definition) is 4. The summed E-state index contributed by atoms with van der Waals surface area (Å²) in [7, 11) is 1.91. The third-order valence-electron chi connectivity index (χ3n) is 5.04. The van der Waals surface area contributed by atoms with Crippen molar-refractivity contribution in [2.75, 3.05) is 11.9 Å². The van der Waals surface area contributed by atoms with Crippen molar-refractivity contribution in [3.63, 3.8) is 0 Å². The third kappa shape index (κ3) is 4.49. The van der Waals surface area contributed by atoms with Gasteiger partial charge in [-0.15, -0.1) is 11.3 Å². The molecule has 2 heterocycles. The number of halogens is 1. The maximum atomic E-state index is 13.7. The predicted octanol–water partition coefficient (Wildman–Crippen LogP) is 4.31. The van der Waals surface area contributed by atoms with Gasteiger partial charge in [0.05, 0.1) is 15.9 Å². The molecule has 4 rings (SSSR count). The Labute approximate surface area is 182 Å². The highest BCUT2D eigenvalue weighted by atomic mass is 32.1. The van der Waals surface area contributed by atoms with Crippen LogP contribution in [0, 0.1) is 12.7 Å². The highest BCUT2D eigenvalue weighted by Crippen LogP contribution is 2.21. The molecular weight excluding hydrogens is 415 g/mol. The Kier molecular flexibility index (Phi) is 5.81. The fraction of sp³-hybridized carbons (Fsp3) is 0.174. The number of nitrogens with one attached hydrogen (secondary N) is 2. The number of hydrogen-bond donors (Lipinski definition) is 2. The van der Waals surface area contributed by atoms with E-state index < -0.39 is 5.82 Å². The summed E-state index contributed by atoms with van der Waals surface area (Å²) in [6, 6.07) is 13.6. The first kappa shape index (κ1) is 20.7. The largest absolute Gasteiger partial charge is 0.352 e. The van der Waals surface area contributed by atoms with Crippen molar-refractivity contribution in [3.8, 4) is 0 Å². The number of rotatable bonds is 6. The molecule has 4 aromatic rings. The number of thiophene rings is 1. The fourth-order valence-corrected chi connectivity index (χ4v) is 3.89. The Morgan fingerprint density at radius 3 is 2.71 bits per heavy atom. The molecule has 0 radical (unpaired) electrons. The van der Waals surface area contributed by atoms with Gasteiger partial charge in [-0.1, -0.05) is 12.1 Å². The number of imidazole rings is 1. The van der Waals surface area contributed by atoms with E-state index in [1.54, 1.807) is 25.1 Å². The zero-order chi connectivity index (χ0) is 22.0. The Balaban J connectivity index is 1.42. The van der Waals surface area contributed by atoms with Crippen LogP contribution >= 0.6 is 11.3 Å². The minimum absolute atomic E-state index is 0.152. The standard InChI is InChI=1S/C23H21FN4O2S/c1-14-5-6-15(12-17(14)24)22(29)25-10-9-21-27-18-13-16(7-8-19(18)28(21)2)26-23(30)20-4-3-11-31-20/h3-8,11-13H,9-10H2,1-2H3,(H,25,29)(H,26,30). The van der Waals surface area contributed by atoms with Crippen LogP contribution in [0.25, 0.3) is 11.0 Å². The second kappa shape index (κ2) is 8.69. The summed E-state index contributed by atoms with van der Waals surface area (Å²) in [5.74, 6) is -0.0749. The monoisotopic (exact) mass is 436 g/mol. The lowest BCUT2D eigenvalue weighted by atomic mass is 10.1. The summed E-state index contributed by atoms with van der Waals surface area (Å²) in [6.45, 7) is 2.02. The molecule has 0 atom stereocenters. The minimum atomic E-state index is -0.398. The Hall–Kier alpha value is -3.52. The molecule has 2 aromatic heterocycles. The maximum absolute atomic E-state index is 13.7. The van der Waals surface area contributed by atoms with Crippen molar-refractivity contribution in [2.45, 2.75) is 13.3 Å². The Morgan fingerprint density at radius 1 is 1.13 bits per heavy atom. The highest BCUT2D eigenvalue weighted by molar-refractivity contribution is 7.12. The van der Waals surface area contributed by atoms with E-state index in [0.29, 0.717) is 34.7 Å². The van der Waals surface area contributed by atoms with E-state index >= 15 is 0 Å². The zero-order valence-electron chi connectivity index (χ0n) is 17.1. The minimum Gasteiger partial charge on any atom is -0.352 e. The maximum Gasteiger partial charge on any atom is 0.265 e. The number of aryl methyl sites for hydroxylation is 2. The first-order chi connectivity index (χ1) is 14.9. The lowest BCUT2D eigenvalue weighted by molar-refractivity contribution is 0.0952. The molecule has 2 aromatic carbocycles. The first-order valence-corrected chi connectivity index (χ1v) is 10.6. The smallest absolute Gasteiger partial charge is 0.265 e.